The number of benzene rings is 2. The number of nitrogens with one attached hydrogen (secondary N) is 1. The Kier molecular flexibility index (Phi) is 11.3. The van der Waals surface area contributed by atoms with Crippen molar-refractivity contribution in [1.82, 2.24) is 15.1 Å². The van der Waals surface area contributed by atoms with Gasteiger partial charge in [-0.05, 0) is 60.5 Å². The predicted molar refractivity (Wildman–Crippen MR) is 151 cm³/mol. The molecule has 0 radical (unpaired) electrons. The zero-order valence-electron chi connectivity index (χ0n) is 21.7. The summed E-state index contributed by atoms with van der Waals surface area (Å²) in [4.78, 5) is 18.2. The average Bonchev–Trinajstić information content (AvgIpc) is 2.85. The van der Waals surface area contributed by atoms with E-state index in [-0.39, 0.29) is 42.3 Å². The lowest BCUT2D eigenvalue weighted by molar-refractivity contribution is -0.141. The third-order valence-electron chi connectivity index (χ3n) is 7.49. The van der Waals surface area contributed by atoms with Gasteiger partial charge in [-0.1, -0.05) is 63.2 Å². The van der Waals surface area contributed by atoms with Crippen molar-refractivity contribution >= 4 is 30.7 Å². The van der Waals surface area contributed by atoms with E-state index in [1.165, 1.54) is 11.1 Å². The average molecular weight is 532 g/mol. The normalized spacial score (nSPS) is 19.9. The molecule has 196 valence electrons. The zero-order chi connectivity index (χ0) is 24.1. The fourth-order valence-electron chi connectivity index (χ4n) is 5.52. The maximum Gasteiger partial charge on any atom is 0.223 e. The van der Waals surface area contributed by atoms with Crippen LogP contribution >= 0.6 is 24.8 Å². The van der Waals surface area contributed by atoms with Gasteiger partial charge in [0.15, 0.2) is 0 Å². The number of hydrogen-bond acceptors (Lipinski definition) is 4. The zero-order valence-corrected chi connectivity index (χ0v) is 23.3. The number of nitriles is 1. The molecular formula is C29H40Cl2N4O. The fourth-order valence-corrected chi connectivity index (χ4v) is 5.52. The Morgan fingerprint density at radius 3 is 2.19 bits per heavy atom. The van der Waals surface area contributed by atoms with Gasteiger partial charge in [-0.2, -0.15) is 5.26 Å². The van der Waals surface area contributed by atoms with Gasteiger partial charge in [0.2, 0.25) is 5.91 Å². The van der Waals surface area contributed by atoms with Gasteiger partial charge in [-0.3, -0.25) is 9.69 Å². The quantitative estimate of drug-likeness (QED) is 0.558. The van der Waals surface area contributed by atoms with Crippen LogP contribution in [0.3, 0.4) is 0 Å². The summed E-state index contributed by atoms with van der Waals surface area (Å²) in [6, 6.07) is 21.1. The molecule has 2 aliphatic rings. The molecule has 1 N–H and O–H groups in total. The van der Waals surface area contributed by atoms with Gasteiger partial charge in [0.1, 0.15) is 0 Å². The molecule has 2 heterocycles. The second-order valence-electron chi connectivity index (χ2n) is 10.9. The van der Waals surface area contributed by atoms with Crippen molar-refractivity contribution in [3.8, 4) is 6.07 Å². The highest BCUT2D eigenvalue weighted by molar-refractivity contribution is 5.85. The SMILES string of the molecule is CC(C)(C)[C@H]1CN(C(c2ccccc2)c2ccc(C#N)cc2)CCN1C(=O)CC1CCNCC1.Cl.Cl. The lowest BCUT2D eigenvalue weighted by Crippen LogP contribution is -2.60. The van der Waals surface area contributed by atoms with E-state index >= 15 is 0 Å². The molecule has 0 aromatic heterocycles. The van der Waals surface area contributed by atoms with Gasteiger partial charge in [-0.25, -0.2) is 0 Å². The molecule has 2 saturated heterocycles. The van der Waals surface area contributed by atoms with Crippen LogP contribution in [0.4, 0.5) is 0 Å². The van der Waals surface area contributed by atoms with Crippen LogP contribution in [0.25, 0.3) is 0 Å². The van der Waals surface area contributed by atoms with Crippen molar-refractivity contribution in [2.24, 2.45) is 11.3 Å². The summed E-state index contributed by atoms with van der Waals surface area (Å²) in [6.45, 7) is 11.2. The van der Waals surface area contributed by atoms with Gasteiger partial charge in [0.05, 0.1) is 17.7 Å². The molecule has 0 bridgehead atoms. The summed E-state index contributed by atoms with van der Waals surface area (Å²) < 4.78 is 0. The van der Waals surface area contributed by atoms with Crippen LogP contribution in [0.15, 0.2) is 54.6 Å². The molecule has 0 aliphatic carbocycles. The summed E-state index contributed by atoms with van der Waals surface area (Å²) in [5.41, 5.74) is 3.09. The predicted octanol–water partition coefficient (Wildman–Crippen LogP) is 5.44. The second kappa shape index (κ2) is 13.4. The minimum atomic E-state index is -0.0195. The Hall–Kier alpha value is -2.10. The van der Waals surface area contributed by atoms with Crippen molar-refractivity contribution in [3.05, 3.63) is 71.3 Å². The molecule has 2 aromatic carbocycles. The second-order valence-corrected chi connectivity index (χ2v) is 10.9. The van der Waals surface area contributed by atoms with E-state index in [1.807, 2.05) is 12.1 Å². The number of nitrogens with zero attached hydrogens (tertiary/aromatic N) is 3. The van der Waals surface area contributed by atoms with Crippen LogP contribution in [-0.2, 0) is 4.79 Å². The molecule has 2 atom stereocenters. The first-order valence-corrected chi connectivity index (χ1v) is 12.7. The minimum absolute atomic E-state index is 0. The Morgan fingerprint density at radius 2 is 1.61 bits per heavy atom. The highest BCUT2D eigenvalue weighted by Crippen LogP contribution is 2.35. The number of piperidine rings is 1. The molecule has 5 nitrogen and oxygen atoms in total. The summed E-state index contributed by atoms with van der Waals surface area (Å²) in [7, 11) is 0. The number of carbonyl (C=O) groups is 1. The topological polar surface area (TPSA) is 59.4 Å². The Morgan fingerprint density at radius 1 is 1.00 bits per heavy atom. The van der Waals surface area contributed by atoms with Gasteiger partial charge in [-0.15, -0.1) is 24.8 Å². The molecule has 1 unspecified atom stereocenters. The monoisotopic (exact) mass is 530 g/mol. The summed E-state index contributed by atoms with van der Waals surface area (Å²) >= 11 is 0. The Bertz CT molecular complexity index is 995. The van der Waals surface area contributed by atoms with E-state index in [2.05, 4.69) is 84.4 Å². The van der Waals surface area contributed by atoms with E-state index in [4.69, 9.17) is 0 Å². The van der Waals surface area contributed by atoms with E-state index in [0.29, 0.717) is 23.8 Å². The molecule has 4 rings (SSSR count). The third-order valence-corrected chi connectivity index (χ3v) is 7.49. The molecule has 36 heavy (non-hydrogen) atoms. The number of carbonyl (C=O) groups excluding carboxylic acids is 1. The maximum atomic E-state index is 13.5. The van der Waals surface area contributed by atoms with Gasteiger partial charge in [0, 0.05) is 32.1 Å². The van der Waals surface area contributed by atoms with E-state index < -0.39 is 0 Å². The Labute approximate surface area is 229 Å². The number of rotatable bonds is 5. The largest absolute Gasteiger partial charge is 0.337 e. The molecule has 2 fully saturated rings. The van der Waals surface area contributed by atoms with Crippen LogP contribution in [0.5, 0.6) is 0 Å². The smallest absolute Gasteiger partial charge is 0.223 e. The summed E-state index contributed by atoms with van der Waals surface area (Å²) in [5.74, 6) is 0.823. The number of piperazine rings is 1. The molecule has 7 heteroatoms. The maximum absolute atomic E-state index is 13.5. The molecule has 2 aromatic rings. The van der Waals surface area contributed by atoms with Crippen LogP contribution in [0.2, 0.25) is 0 Å². The van der Waals surface area contributed by atoms with E-state index in [0.717, 1.165) is 45.6 Å². The van der Waals surface area contributed by atoms with Crippen LogP contribution in [-0.4, -0.2) is 54.5 Å². The van der Waals surface area contributed by atoms with Crippen molar-refractivity contribution in [3.63, 3.8) is 0 Å². The fraction of sp³-hybridized carbons (Fsp3) is 0.517. The highest BCUT2D eigenvalue weighted by Gasteiger charge is 2.40. The highest BCUT2D eigenvalue weighted by atomic mass is 35.5. The molecule has 1 amide bonds. The molecule has 2 aliphatic heterocycles. The first kappa shape index (κ1) is 30.1. The number of halogens is 2. The van der Waals surface area contributed by atoms with Crippen LogP contribution in [0, 0.1) is 22.7 Å². The third kappa shape index (κ3) is 7.23. The molecular weight excluding hydrogens is 491 g/mol. The number of hydrogen-bond donors (Lipinski definition) is 1. The van der Waals surface area contributed by atoms with Crippen LogP contribution < -0.4 is 5.32 Å². The molecule has 0 saturated carbocycles. The lowest BCUT2D eigenvalue weighted by Gasteiger charge is -2.49. The van der Waals surface area contributed by atoms with Crippen molar-refractivity contribution in [1.29, 1.82) is 5.26 Å². The van der Waals surface area contributed by atoms with Gasteiger partial charge < -0.3 is 10.2 Å². The van der Waals surface area contributed by atoms with Gasteiger partial charge in [0.25, 0.3) is 0 Å². The first-order valence-electron chi connectivity index (χ1n) is 12.7. The standard InChI is InChI=1S/C29H38N4O.2ClH/c1-29(2,3)26-21-32(17-18-33(26)27(34)19-22-13-15-31-16-14-22)28(24-7-5-4-6-8-24)25-11-9-23(20-30)10-12-25;;/h4-12,22,26,28,31H,13-19,21H2,1-3H3;2*1H/t26-,28?;;/m1../s1. The van der Waals surface area contributed by atoms with E-state index in [1.54, 1.807) is 0 Å². The first-order chi connectivity index (χ1) is 16.4. The summed E-state index contributed by atoms with van der Waals surface area (Å²) in [6.07, 6.45) is 2.87. The molecule has 0 spiro atoms. The van der Waals surface area contributed by atoms with Crippen molar-refractivity contribution in [2.45, 2.75) is 52.1 Å². The lowest BCUT2D eigenvalue weighted by atomic mass is 9.82. The minimum Gasteiger partial charge on any atom is -0.337 e. The van der Waals surface area contributed by atoms with Gasteiger partial charge >= 0.3 is 0 Å². The summed E-state index contributed by atoms with van der Waals surface area (Å²) in [5, 5.41) is 12.7. The number of amides is 1. The van der Waals surface area contributed by atoms with Crippen LogP contribution in [0.1, 0.15) is 62.8 Å². The van der Waals surface area contributed by atoms with Crippen molar-refractivity contribution in [2.75, 3.05) is 32.7 Å². The van der Waals surface area contributed by atoms with Crippen molar-refractivity contribution < 1.29 is 4.79 Å². The van der Waals surface area contributed by atoms with E-state index in [9.17, 15) is 10.1 Å². The Balaban J connectivity index is 0.00000228.